The van der Waals surface area contributed by atoms with Crippen LogP contribution in [-0.2, 0) is 10.0 Å². The number of sulfonamides is 1. The molecule has 0 amide bonds. The number of rotatable bonds is 5. The molecule has 1 aromatic heterocycles. The zero-order chi connectivity index (χ0) is 18.9. The van der Waals surface area contributed by atoms with Gasteiger partial charge in [-0.3, -0.25) is 9.71 Å². The summed E-state index contributed by atoms with van der Waals surface area (Å²) in [6.45, 7) is 5.36. The molecular weight excluding hydrogens is 355 g/mol. The van der Waals surface area contributed by atoms with Crippen molar-refractivity contribution in [2.45, 2.75) is 31.8 Å². The number of fused-ring (bicyclic) bond motifs is 1. The van der Waals surface area contributed by atoms with Crippen LogP contribution in [0.5, 0.6) is 5.75 Å². The molecule has 1 heterocycles. The molecule has 0 saturated heterocycles. The van der Waals surface area contributed by atoms with Gasteiger partial charge in [-0.05, 0) is 51.1 Å². The molecule has 2 aromatic carbocycles. The van der Waals surface area contributed by atoms with E-state index in [1.54, 1.807) is 26.0 Å². The third-order valence-electron chi connectivity index (χ3n) is 3.66. The zero-order valence-electron chi connectivity index (χ0n) is 14.7. The summed E-state index contributed by atoms with van der Waals surface area (Å²) in [5, 5.41) is 0.800. The van der Waals surface area contributed by atoms with Crippen molar-refractivity contribution in [1.82, 2.24) is 4.98 Å². The zero-order valence-corrected chi connectivity index (χ0v) is 15.5. The summed E-state index contributed by atoms with van der Waals surface area (Å²) in [5.41, 5.74) is 1.61. The number of pyridine rings is 1. The standard InChI is InChI=1S/C19H19FN2O3S/c1-12(2)25-17-10-9-15(20)11-18(17)26(23,24)22-16-6-4-5-14-8-7-13(3)21-19(14)16/h4-12,22H,1-3H3. The lowest BCUT2D eigenvalue weighted by Crippen LogP contribution is -2.17. The van der Waals surface area contributed by atoms with E-state index in [-0.39, 0.29) is 16.7 Å². The van der Waals surface area contributed by atoms with E-state index in [0.29, 0.717) is 11.2 Å². The third kappa shape index (κ3) is 3.77. The smallest absolute Gasteiger partial charge is 0.265 e. The number of nitrogens with one attached hydrogen (secondary N) is 1. The number of aryl methyl sites for hydroxylation is 1. The van der Waals surface area contributed by atoms with Crippen LogP contribution in [0.15, 0.2) is 53.4 Å². The fourth-order valence-electron chi connectivity index (χ4n) is 2.57. The van der Waals surface area contributed by atoms with Crippen LogP contribution in [0.25, 0.3) is 10.9 Å². The Hall–Kier alpha value is -2.67. The van der Waals surface area contributed by atoms with Gasteiger partial charge in [0.1, 0.15) is 16.5 Å². The molecule has 1 N–H and O–H groups in total. The Morgan fingerprint density at radius 1 is 1.12 bits per heavy atom. The molecule has 0 saturated carbocycles. The van der Waals surface area contributed by atoms with Gasteiger partial charge in [-0.2, -0.15) is 0 Å². The van der Waals surface area contributed by atoms with Crippen molar-refractivity contribution in [2.75, 3.05) is 4.72 Å². The minimum absolute atomic E-state index is 0.0956. The summed E-state index contributed by atoms with van der Waals surface area (Å²) < 4.78 is 47.5. The molecule has 0 bridgehead atoms. The highest BCUT2D eigenvalue weighted by molar-refractivity contribution is 7.92. The van der Waals surface area contributed by atoms with E-state index in [0.717, 1.165) is 17.1 Å². The number of hydrogen-bond acceptors (Lipinski definition) is 4. The lowest BCUT2D eigenvalue weighted by atomic mass is 10.2. The SMILES string of the molecule is Cc1ccc2cccc(NS(=O)(=O)c3cc(F)ccc3OC(C)C)c2n1. The summed E-state index contributed by atoms with van der Waals surface area (Å²) >= 11 is 0. The molecule has 0 unspecified atom stereocenters. The maximum absolute atomic E-state index is 13.7. The molecule has 136 valence electrons. The number of hydrogen-bond donors (Lipinski definition) is 1. The second-order valence-electron chi connectivity index (χ2n) is 6.19. The lowest BCUT2D eigenvalue weighted by Gasteiger charge is -2.16. The van der Waals surface area contributed by atoms with E-state index < -0.39 is 15.8 Å². The molecule has 0 aliphatic rings. The Morgan fingerprint density at radius 3 is 2.62 bits per heavy atom. The van der Waals surface area contributed by atoms with Crippen molar-refractivity contribution < 1.29 is 17.5 Å². The van der Waals surface area contributed by atoms with Gasteiger partial charge in [-0.25, -0.2) is 12.8 Å². The van der Waals surface area contributed by atoms with Crippen LogP contribution in [0.2, 0.25) is 0 Å². The molecule has 0 aliphatic carbocycles. The van der Waals surface area contributed by atoms with Crippen molar-refractivity contribution in [1.29, 1.82) is 0 Å². The highest BCUT2D eigenvalue weighted by atomic mass is 32.2. The molecular formula is C19H19FN2O3S. The molecule has 0 spiro atoms. The first kappa shape index (κ1) is 18.1. The summed E-state index contributed by atoms with van der Waals surface area (Å²) in [5.74, 6) is -0.563. The Balaban J connectivity index is 2.08. The summed E-state index contributed by atoms with van der Waals surface area (Å²) in [4.78, 5) is 4.16. The van der Waals surface area contributed by atoms with E-state index in [2.05, 4.69) is 9.71 Å². The maximum Gasteiger partial charge on any atom is 0.265 e. The van der Waals surface area contributed by atoms with Gasteiger partial charge in [0.25, 0.3) is 10.0 Å². The average molecular weight is 374 g/mol. The Kier molecular flexibility index (Phi) is 4.82. The summed E-state index contributed by atoms with van der Waals surface area (Å²) in [6.07, 6.45) is -0.253. The van der Waals surface area contributed by atoms with E-state index in [1.807, 2.05) is 25.1 Å². The largest absolute Gasteiger partial charge is 0.490 e. The first-order chi connectivity index (χ1) is 12.3. The molecule has 0 atom stereocenters. The minimum Gasteiger partial charge on any atom is -0.490 e. The fraction of sp³-hybridized carbons (Fsp3) is 0.211. The van der Waals surface area contributed by atoms with Gasteiger partial charge in [0.15, 0.2) is 0 Å². The number of halogens is 1. The van der Waals surface area contributed by atoms with Gasteiger partial charge >= 0.3 is 0 Å². The van der Waals surface area contributed by atoms with Crippen molar-refractivity contribution in [2.24, 2.45) is 0 Å². The first-order valence-electron chi connectivity index (χ1n) is 8.12. The van der Waals surface area contributed by atoms with E-state index in [4.69, 9.17) is 4.74 Å². The first-order valence-corrected chi connectivity index (χ1v) is 9.60. The minimum atomic E-state index is -4.07. The van der Waals surface area contributed by atoms with Gasteiger partial charge < -0.3 is 4.74 Å². The topological polar surface area (TPSA) is 68.3 Å². The molecule has 7 heteroatoms. The van der Waals surface area contributed by atoms with E-state index >= 15 is 0 Å². The number of aromatic nitrogens is 1. The molecule has 0 radical (unpaired) electrons. The maximum atomic E-state index is 13.7. The molecule has 3 rings (SSSR count). The molecule has 3 aromatic rings. The number of ether oxygens (including phenoxy) is 1. The van der Waals surface area contributed by atoms with Crippen molar-refractivity contribution in [3.63, 3.8) is 0 Å². The van der Waals surface area contributed by atoms with Crippen LogP contribution >= 0.6 is 0 Å². The van der Waals surface area contributed by atoms with Gasteiger partial charge in [0.2, 0.25) is 0 Å². The molecule has 26 heavy (non-hydrogen) atoms. The van der Waals surface area contributed by atoms with Crippen LogP contribution in [0.3, 0.4) is 0 Å². The van der Waals surface area contributed by atoms with E-state index in [1.165, 1.54) is 12.1 Å². The van der Waals surface area contributed by atoms with Crippen LogP contribution < -0.4 is 9.46 Å². The number of anilines is 1. The Bertz CT molecular complexity index is 1070. The highest BCUT2D eigenvalue weighted by Gasteiger charge is 2.22. The van der Waals surface area contributed by atoms with Gasteiger partial charge in [0.05, 0.1) is 17.3 Å². The normalized spacial score (nSPS) is 11.7. The van der Waals surface area contributed by atoms with Crippen LogP contribution in [0.4, 0.5) is 10.1 Å². The monoisotopic (exact) mass is 374 g/mol. The van der Waals surface area contributed by atoms with Gasteiger partial charge in [0, 0.05) is 11.1 Å². The van der Waals surface area contributed by atoms with Crippen molar-refractivity contribution >= 4 is 26.6 Å². The summed E-state index contributed by atoms with van der Waals surface area (Å²) in [6, 6.07) is 12.3. The predicted molar refractivity (Wildman–Crippen MR) is 99.5 cm³/mol. The second kappa shape index (κ2) is 6.92. The Morgan fingerprint density at radius 2 is 1.88 bits per heavy atom. The molecule has 0 aliphatic heterocycles. The van der Waals surface area contributed by atoms with Crippen molar-refractivity contribution in [3.8, 4) is 5.75 Å². The Labute approximate surface area is 151 Å². The number of benzene rings is 2. The third-order valence-corrected chi connectivity index (χ3v) is 5.05. The fourth-order valence-corrected chi connectivity index (χ4v) is 3.78. The van der Waals surface area contributed by atoms with Crippen LogP contribution in [0.1, 0.15) is 19.5 Å². The lowest BCUT2D eigenvalue weighted by molar-refractivity contribution is 0.235. The van der Waals surface area contributed by atoms with Crippen LogP contribution in [0, 0.1) is 12.7 Å². The number of para-hydroxylation sites is 1. The van der Waals surface area contributed by atoms with Gasteiger partial charge in [-0.1, -0.05) is 18.2 Å². The quantitative estimate of drug-likeness (QED) is 0.724. The van der Waals surface area contributed by atoms with Crippen LogP contribution in [-0.4, -0.2) is 19.5 Å². The van der Waals surface area contributed by atoms with E-state index in [9.17, 15) is 12.8 Å². The highest BCUT2D eigenvalue weighted by Crippen LogP contribution is 2.30. The number of nitrogens with zero attached hydrogens (tertiary/aromatic N) is 1. The predicted octanol–water partition coefficient (Wildman–Crippen LogP) is 4.27. The van der Waals surface area contributed by atoms with Gasteiger partial charge in [-0.15, -0.1) is 0 Å². The second-order valence-corrected chi connectivity index (χ2v) is 7.84. The molecule has 0 fully saturated rings. The molecule has 5 nitrogen and oxygen atoms in total. The van der Waals surface area contributed by atoms with Crippen molar-refractivity contribution in [3.05, 3.63) is 60.0 Å². The summed E-state index contributed by atoms with van der Waals surface area (Å²) in [7, 11) is -4.07. The average Bonchev–Trinajstić information content (AvgIpc) is 2.56.